The Morgan fingerprint density at radius 3 is 2.44 bits per heavy atom. The molecule has 0 saturated carbocycles. The maximum absolute atomic E-state index is 13.5. The zero-order valence-electron chi connectivity index (χ0n) is 13.7. The predicted molar refractivity (Wildman–Crippen MR) is 110 cm³/mol. The highest BCUT2D eigenvalue weighted by atomic mass is 35.5. The van der Waals surface area contributed by atoms with Crippen LogP contribution in [0.15, 0.2) is 60.9 Å². The van der Waals surface area contributed by atoms with E-state index in [-0.39, 0.29) is 5.02 Å². The molecule has 27 heavy (non-hydrogen) atoms. The molecule has 1 N–H and O–H groups in total. The van der Waals surface area contributed by atoms with Gasteiger partial charge in [-0.1, -0.05) is 34.8 Å². The zero-order chi connectivity index (χ0) is 19.0. The van der Waals surface area contributed by atoms with Crippen LogP contribution in [-0.4, -0.2) is 9.97 Å². The predicted octanol–water partition coefficient (Wildman–Crippen LogP) is 7.14. The molecular weight excluding hydrogens is 408 g/mol. The monoisotopic (exact) mass is 417 g/mol. The van der Waals surface area contributed by atoms with Crippen molar-refractivity contribution in [2.75, 3.05) is 5.32 Å². The lowest BCUT2D eigenvalue weighted by molar-refractivity contribution is 0.628. The molecule has 0 fully saturated rings. The lowest BCUT2D eigenvalue weighted by atomic mass is 10.1. The normalized spacial score (nSPS) is 11.0. The minimum atomic E-state index is -0.487. The van der Waals surface area contributed by atoms with Gasteiger partial charge in [-0.25, -0.2) is 9.37 Å². The van der Waals surface area contributed by atoms with Crippen LogP contribution >= 0.6 is 34.8 Å². The van der Waals surface area contributed by atoms with Crippen molar-refractivity contribution < 1.29 is 4.39 Å². The Morgan fingerprint density at radius 1 is 0.889 bits per heavy atom. The van der Waals surface area contributed by atoms with Gasteiger partial charge in [-0.2, -0.15) is 0 Å². The Morgan fingerprint density at radius 2 is 1.70 bits per heavy atom. The summed E-state index contributed by atoms with van der Waals surface area (Å²) >= 11 is 18.3. The van der Waals surface area contributed by atoms with Gasteiger partial charge in [-0.15, -0.1) is 0 Å². The van der Waals surface area contributed by atoms with Gasteiger partial charge in [0.25, 0.3) is 0 Å². The van der Waals surface area contributed by atoms with Crippen LogP contribution in [0, 0.1) is 5.82 Å². The van der Waals surface area contributed by atoms with Gasteiger partial charge in [0.05, 0.1) is 20.8 Å². The Balaban J connectivity index is 1.90. The molecule has 4 aromatic rings. The molecule has 0 aliphatic rings. The van der Waals surface area contributed by atoms with Gasteiger partial charge in [0.1, 0.15) is 11.6 Å². The summed E-state index contributed by atoms with van der Waals surface area (Å²) in [5.74, 6) is 0.0616. The first-order valence-electron chi connectivity index (χ1n) is 7.93. The third kappa shape index (κ3) is 3.69. The summed E-state index contributed by atoms with van der Waals surface area (Å²) in [5.41, 5.74) is 2.17. The van der Waals surface area contributed by atoms with Crippen LogP contribution in [0.25, 0.3) is 22.0 Å². The maximum atomic E-state index is 13.5. The van der Waals surface area contributed by atoms with Crippen LogP contribution in [0.2, 0.25) is 15.1 Å². The molecule has 2 aromatic carbocycles. The molecular formula is C20H11Cl3FN3. The number of fused-ring (bicyclic) bond motifs is 1. The Labute approximate surface area is 169 Å². The summed E-state index contributed by atoms with van der Waals surface area (Å²) in [6.07, 6.45) is 3.42. The third-order valence-corrected chi connectivity index (χ3v) is 5.02. The fourth-order valence-corrected chi connectivity index (χ4v) is 3.23. The van der Waals surface area contributed by atoms with Gasteiger partial charge in [-0.3, -0.25) is 4.98 Å². The van der Waals surface area contributed by atoms with Gasteiger partial charge < -0.3 is 5.32 Å². The third-order valence-electron chi connectivity index (χ3n) is 4.01. The number of nitrogens with one attached hydrogen (secondary N) is 1. The first-order valence-corrected chi connectivity index (χ1v) is 9.07. The fourth-order valence-electron chi connectivity index (χ4n) is 2.72. The van der Waals surface area contributed by atoms with Crippen molar-refractivity contribution in [3.8, 4) is 11.3 Å². The van der Waals surface area contributed by atoms with Gasteiger partial charge in [-0.05, 0) is 53.9 Å². The van der Waals surface area contributed by atoms with E-state index in [4.69, 9.17) is 39.8 Å². The number of pyridine rings is 2. The summed E-state index contributed by atoms with van der Waals surface area (Å²) in [6, 6.07) is 13.6. The van der Waals surface area contributed by atoms with Crippen LogP contribution in [0.4, 0.5) is 15.9 Å². The molecule has 0 spiro atoms. The van der Waals surface area contributed by atoms with E-state index >= 15 is 0 Å². The maximum Gasteiger partial charge on any atom is 0.141 e. The number of hydrogen-bond acceptors (Lipinski definition) is 3. The summed E-state index contributed by atoms with van der Waals surface area (Å²) < 4.78 is 13.5. The van der Waals surface area contributed by atoms with Crippen molar-refractivity contribution in [3.05, 3.63) is 81.8 Å². The minimum Gasteiger partial charge on any atom is -0.340 e. The quantitative estimate of drug-likeness (QED) is 0.384. The van der Waals surface area contributed by atoms with Gasteiger partial charge in [0.15, 0.2) is 0 Å². The van der Waals surface area contributed by atoms with Crippen LogP contribution in [0.3, 0.4) is 0 Å². The first kappa shape index (κ1) is 18.0. The van der Waals surface area contributed by atoms with E-state index in [2.05, 4.69) is 10.3 Å². The SMILES string of the molecule is Fc1ccc(Nc2nc(-c3cccnc3)cc3cc(Cl)c(Cl)cc23)cc1Cl. The molecule has 0 saturated heterocycles. The minimum absolute atomic E-state index is 0.0220. The molecule has 7 heteroatoms. The van der Waals surface area contributed by atoms with E-state index in [0.29, 0.717) is 27.2 Å². The molecule has 0 aliphatic heterocycles. The van der Waals surface area contributed by atoms with E-state index in [1.807, 2.05) is 18.2 Å². The van der Waals surface area contributed by atoms with Crippen molar-refractivity contribution >= 4 is 57.1 Å². The van der Waals surface area contributed by atoms with Crippen molar-refractivity contribution in [2.24, 2.45) is 0 Å². The van der Waals surface area contributed by atoms with Gasteiger partial charge in [0, 0.05) is 29.0 Å². The molecule has 2 heterocycles. The number of anilines is 2. The van der Waals surface area contributed by atoms with E-state index in [0.717, 1.165) is 16.3 Å². The van der Waals surface area contributed by atoms with Crippen LogP contribution in [0.5, 0.6) is 0 Å². The molecule has 0 radical (unpaired) electrons. The molecule has 0 bridgehead atoms. The first-order chi connectivity index (χ1) is 13.0. The summed E-state index contributed by atoms with van der Waals surface area (Å²) in [4.78, 5) is 8.84. The van der Waals surface area contributed by atoms with Gasteiger partial charge in [0.2, 0.25) is 0 Å². The average Bonchev–Trinajstić information content (AvgIpc) is 2.67. The molecule has 0 aliphatic carbocycles. The lowest BCUT2D eigenvalue weighted by Gasteiger charge is -2.13. The number of hydrogen-bond donors (Lipinski definition) is 1. The largest absolute Gasteiger partial charge is 0.340 e. The van der Waals surface area contributed by atoms with Crippen LogP contribution in [-0.2, 0) is 0 Å². The molecule has 2 aromatic heterocycles. The Hall–Kier alpha value is -2.40. The van der Waals surface area contributed by atoms with E-state index in [9.17, 15) is 4.39 Å². The van der Waals surface area contributed by atoms with Crippen LogP contribution in [0.1, 0.15) is 0 Å². The van der Waals surface area contributed by atoms with Gasteiger partial charge >= 0.3 is 0 Å². The highest BCUT2D eigenvalue weighted by Crippen LogP contribution is 2.35. The number of nitrogens with zero attached hydrogens (tertiary/aromatic N) is 2. The molecule has 0 amide bonds. The number of rotatable bonds is 3. The van der Waals surface area contributed by atoms with Crippen molar-refractivity contribution in [1.29, 1.82) is 0 Å². The van der Waals surface area contributed by atoms with E-state index in [1.165, 1.54) is 12.1 Å². The topological polar surface area (TPSA) is 37.8 Å². The van der Waals surface area contributed by atoms with E-state index in [1.54, 1.807) is 30.6 Å². The lowest BCUT2D eigenvalue weighted by Crippen LogP contribution is -1.98. The second-order valence-corrected chi connectivity index (χ2v) is 7.06. The molecule has 4 rings (SSSR count). The molecule has 3 nitrogen and oxygen atoms in total. The molecule has 0 atom stereocenters. The van der Waals surface area contributed by atoms with Crippen molar-refractivity contribution in [2.45, 2.75) is 0 Å². The smallest absolute Gasteiger partial charge is 0.141 e. The molecule has 134 valence electrons. The highest BCUT2D eigenvalue weighted by molar-refractivity contribution is 6.43. The standard InChI is InChI=1S/C20H11Cl3FN3/c21-15-6-12-7-19(11-2-1-5-25-10-11)27-20(14(12)9-16(15)22)26-13-3-4-18(24)17(23)8-13/h1-10H,(H,26,27). The fraction of sp³-hybridized carbons (Fsp3) is 0. The second kappa shape index (κ2) is 7.31. The Bertz CT molecular complexity index is 1150. The van der Waals surface area contributed by atoms with Crippen LogP contribution < -0.4 is 5.32 Å². The molecule has 0 unspecified atom stereocenters. The summed E-state index contributed by atoms with van der Waals surface area (Å²) in [7, 11) is 0. The number of halogens is 4. The summed E-state index contributed by atoms with van der Waals surface area (Å²) in [6.45, 7) is 0. The second-order valence-electron chi connectivity index (χ2n) is 5.84. The highest BCUT2D eigenvalue weighted by Gasteiger charge is 2.12. The van der Waals surface area contributed by atoms with E-state index < -0.39 is 5.82 Å². The summed E-state index contributed by atoms with van der Waals surface area (Å²) in [5, 5.41) is 5.70. The number of aromatic nitrogens is 2. The zero-order valence-corrected chi connectivity index (χ0v) is 15.9. The Kier molecular flexibility index (Phi) is 4.87. The number of benzene rings is 2. The van der Waals surface area contributed by atoms with Crippen molar-refractivity contribution in [3.63, 3.8) is 0 Å². The van der Waals surface area contributed by atoms with Crippen molar-refractivity contribution in [1.82, 2.24) is 9.97 Å². The average molecular weight is 419 g/mol.